The van der Waals surface area contributed by atoms with Crippen molar-refractivity contribution in [1.82, 2.24) is 19.0 Å². The average molecular weight is 607 g/mol. The number of aromatic hydroxyl groups is 1. The summed E-state index contributed by atoms with van der Waals surface area (Å²) in [5, 5.41) is 11.9. The van der Waals surface area contributed by atoms with E-state index >= 15 is 0 Å². The second-order valence-corrected chi connectivity index (χ2v) is 11.5. The summed E-state index contributed by atoms with van der Waals surface area (Å²) in [6, 6.07) is 46.0. The van der Waals surface area contributed by atoms with Crippen molar-refractivity contribution >= 4 is 45.5 Å². The monoisotopic (exact) mass is 607 g/mol. The molecule has 0 spiro atoms. The maximum absolute atomic E-state index is 10.9. The zero-order valence-electron chi connectivity index (χ0n) is 25.1. The molecule has 0 aliphatic heterocycles. The number of rotatable bonds is 6. The van der Waals surface area contributed by atoms with Crippen LogP contribution in [0.25, 0.3) is 61.4 Å². The summed E-state index contributed by atoms with van der Waals surface area (Å²) >= 11 is 0. The van der Waals surface area contributed by atoms with E-state index in [-0.39, 0.29) is 12.7 Å². The van der Waals surface area contributed by atoms with Gasteiger partial charge in [0.2, 0.25) is 12.2 Å². The topological polar surface area (TPSA) is 72.9 Å². The van der Waals surface area contributed by atoms with Crippen LogP contribution in [0.1, 0.15) is 0 Å². The van der Waals surface area contributed by atoms with Gasteiger partial charge in [-0.3, -0.25) is 4.98 Å². The maximum atomic E-state index is 10.9. The Morgan fingerprint density at radius 1 is 0.745 bits per heavy atom. The number of phenols is 1. The van der Waals surface area contributed by atoms with Gasteiger partial charge in [-0.2, -0.15) is 0 Å². The molecular formula is C39H26BN5O2. The Morgan fingerprint density at radius 2 is 1.49 bits per heavy atom. The van der Waals surface area contributed by atoms with Gasteiger partial charge in [0.15, 0.2) is 5.58 Å². The Balaban J connectivity index is 1.35. The Morgan fingerprint density at radius 3 is 2.30 bits per heavy atom. The second kappa shape index (κ2) is 10.9. The fraction of sp³-hybridized carbons (Fsp3) is 0. The van der Waals surface area contributed by atoms with Gasteiger partial charge in [0.05, 0.1) is 16.9 Å². The zero-order chi connectivity index (χ0) is 31.3. The van der Waals surface area contributed by atoms with E-state index in [1.54, 1.807) is 6.07 Å². The molecule has 0 atom stereocenters. The van der Waals surface area contributed by atoms with Crippen LogP contribution in [0.2, 0.25) is 0 Å². The van der Waals surface area contributed by atoms with Gasteiger partial charge < -0.3 is 23.0 Å². The normalized spacial score (nSPS) is 11.5. The molecule has 5 aromatic carbocycles. The van der Waals surface area contributed by atoms with E-state index in [1.807, 2.05) is 102 Å². The molecule has 4 heterocycles. The highest BCUT2D eigenvalue weighted by molar-refractivity contribution is 6.65. The van der Waals surface area contributed by atoms with Crippen molar-refractivity contribution in [2.45, 2.75) is 0 Å². The molecule has 0 radical (unpaired) electrons. The molecule has 0 fully saturated rings. The van der Waals surface area contributed by atoms with Crippen molar-refractivity contribution in [3.05, 3.63) is 158 Å². The molecule has 0 aliphatic carbocycles. The molecule has 9 aromatic rings. The number of fused-ring (bicyclic) bond motifs is 3. The lowest BCUT2D eigenvalue weighted by Crippen LogP contribution is -2.63. The molecule has 0 unspecified atom stereocenters. The van der Waals surface area contributed by atoms with E-state index in [4.69, 9.17) is 14.4 Å². The van der Waals surface area contributed by atoms with Crippen LogP contribution in [0, 0.1) is 6.33 Å². The molecule has 9 rings (SSSR count). The van der Waals surface area contributed by atoms with Crippen LogP contribution in [-0.4, -0.2) is 31.1 Å². The van der Waals surface area contributed by atoms with Crippen LogP contribution in [0.3, 0.4) is 0 Å². The molecule has 8 heteroatoms. The van der Waals surface area contributed by atoms with E-state index in [1.165, 1.54) is 0 Å². The van der Waals surface area contributed by atoms with Crippen LogP contribution < -0.4 is 9.94 Å². The molecule has 0 bridgehead atoms. The summed E-state index contributed by atoms with van der Waals surface area (Å²) < 4.78 is 12.7. The van der Waals surface area contributed by atoms with Gasteiger partial charge in [-0.1, -0.05) is 97.1 Å². The molecule has 7 nitrogen and oxygen atoms in total. The van der Waals surface area contributed by atoms with Crippen molar-refractivity contribution in [2.75, 3.05) is 0 Å². The largest absolute Gasteiger partial charge is 0.523 e. The van der Waals surface area contributed by atoms with Gasteiger partial charge >= 0.3 is 6.98 Å². The predicted octanol–water partition coefficient (Wildman–Crippen LogP) is 7.04. The summed E-state index contributed by atoms with van der Waals surface area (Å²) in [5.74, 6) is 0.756. The van der Waals surface area contributed by atoms with E-state index in [0.717, 1.165) is 49.7 Å². The van der Waals surface area contributed by atoms with Gasteiger partial charge in [0.1, 0.15) is 11.3 Å². The van der Waals surface area contributed by atoms with E-state index in [9.17, 15) is 5.11 Å². The Kier molecular flexibility index (Phi) is 6.24. The van der Waals surface area contributed by atoms with Gasteiger partial charge in [-0.25, -0.2) is 4.98 Å². The molecule has 0 saturated carbocycles. The zero-order valence-corrected chi connectivity index (χ0v) is 25.1. The SMILES string of the molecule is Oc1ccccc1-n1[c-][n+](B(c2ccccc2)n2cc(-c3ccccn3)c3cc4oc(-c5ccccc5)nc4cc32)c2ccccc21. The number of para-hydroxylation sites is 4. The van der Waals surface area contributed by atoms with Gasteiger partial charge in [-0.05, 0) is 47.9 Å². The van der Waals surface area contributed by atoms with Crippen LogP contribution in [0.15, 0.2) is 156 Å². The van der Waals surface area contributed by atoms with Crippen molar-refractivity contribution < 1.29 is 14.0 Å². The number of imidazole rings is 1. The standard InChI is InChI=1S/C39H26BN5O2/c46-37-21-10-9-20-35(37)43-26-45(34-19-8-7-18-33(34)43)40(28-15-5-2-6-16-28)44-25-30(31-17-11-12-22-41-31)29-23-38-32(24-36(29)44)42-39(47-38)27-13-3-1-4-14-27/h1-25,46H. The maximum Gasteiger partial charge on any atom is 0.523 e. The minimum atomic E-state index is -0.355. The minimum absolute atomic E-state index is 0.180. The van der Waals surface area contributed by atoms with Crippen LogP contribution in [-0.2, 0) is 0 Å². The van der Waals surface area contributed by atoms with E-state index < -0.39 is 0 Å². The Hall–Kier alpha value is -6.41. The Labute approximate surface area is 270 Å². The lowest BCUT2D eigenvalue weighted by molar-refractivity contribution is -0.513. The lowest BCUT2D eigenvalue weighted by atomic mass is 9.67. The summed E-state index contributed by atoms with van der Waals surface area (Å²) in [7, 11) is 0. The van der Waals surface area contributed by atoms with E-state index in [0.29, 0.717) is 17.2 Å². The molecule has 4 aromatic heterocycles. The van der Waals surface area contributed by atoms with Crippen molar-refractivity contribution in [3.63, 3.8) is 0 Å². The lowest BCUT2D eigenvalue weighted by Gasteiger charge is -2.16. The van der Waals surface area contributed by atoms with Gasteiger partial charge in [-0.15, -0.1) is 0 Å². The molecule has 47 heavy (non-hydrogen) atoms. The smallest absolute Gasteiger partial charge is 0.513 e. The number of oxazole rings is 1. The first kappa shape index (κ1) is 27.0. The van der Waals surface area contributed by atoms with Gasteiger partial charge in [0, 0.05) is 39.9 Å². The molecule has 1 N–H and O–H groups in total. The summed E-state index contributed by atoms with van der Waals surface area (Å²) in [5.41, 5.74) is 8.79. The highest BCUT2D eigenvalue weighted by Crippen LogP contribution is 2.35. The quantitative estimate of drug-likeness (QED) is 0.163. The first-order chi connectivity index (χ1) is 23.2. The molecule has 222 valence electrons. The fourth-order valence-electron chi connectivity index (χ4n) is 6.46. The molecule has 0 aliphatic rings. The fourth-order valence-corrected chi connectivity index (χ4v) is 6.46. The summed E-state index contributed by atoms with van der Waals surface area (Å²) in [6.45, 7) is -0.355. The predicted molar refractivity (Wildman–Crippen MR) is 185 cm³/mol. The Bertz CT molecular complexity index is 2540. The van der Waals surface area contributed by atoms with Crippen molar-refractivity contribution in [2.24, 2.45) is 0 Å². The number of hydrogen-bond acceptors (Lipinski definition) is 4. The van der Waals surface area contributed by atoms with Crippen LogP contribution >= 0.6 is 0 Å². The van der Waals surface area contributed by atoms with Crippen LogP contribution in [0.5, 0.6) is 5.75 Å². The first-order valence-corrected chi connectivity index (χ1v) is 15.4. The third-order valence-electron chi connectivity index (χ3n) is 8.62. The molecule has 0 saturated heterocycles. The summed E-state index contributed by atoms with van der Waals surface area (Å²) in [4.78, 5) is 9.67. The molecule has 0 amide bonds. The molecular weight excluding hydrogens is 581 g/mol. The second-order valence-electron chi connectivity index (χ2n) is 11.5. The highest BCUT2D eigenvalue weighted by Gasteiger charge is 2.33. The van der Waals surface area contributed by atoms with Gasteiger partial charge in [0.25, 0.3) is 0 Å². The summed E-state index contributed by atoms with van der Waals surface area (Å²) in [6.07, 6.45) is 7.60. The number of aromatic nitrogens is 5. The van der Waals surface area contributed by atoms with Crippen molar-refractivity contribution in [3.8, 4) is 34.1 Å². The third-order valence-corrected chi connectivity index (χ3v) is 8.62. The first-order valence-electron chi connectivity index (χ1n) is 15.4. The number of nitrogens with zero attached hydrogens (tertiary/aromatic N) is 5. The van der Waals surface area contributed by atoms with Crippen molar-refractivity contribution in [1.29, 1.82) is 0 Å². The third kappa shape index (κ3) is 4.49. The number of pyridine rings is 1. The minimum Gasteiger partial charge on any atom is -0.513 e. The van der Waals surface area contributed by atoms with E-state index in [2.05, 4.69) is 63.9 Å². The number of phenolic OH excluding ortho intramolecular Hbond substituents is 1. The number of benzene rings is 5. The average Bonchev–Trinajstić information content (AvgIpc) is 3.83. The highest BCUT2D eigenvalue weighted by atomic mass is 16.3. The number of hydrogen-bond donors (Lipinski definition) is 1. The van der Waals surface area contributed by atoms with Crippen LogP contribution in [0.4, 0.5) is 0 Å².